The Morgan fingerprint density at radius 3 is 2.93 bits per heavy atom. The van der Waals surface area contributed by atoms with Crippen LogP contribution in [0.25, 0.3) is 6.08 Å². The molecule has 1 N–H and O–H groups in total. The van der Waals surface area contributed by atoms with Crippen LogP contribution in [-0.2, 0) is 0 Å². The van der Waals surface area contributed by atoms with Crippen molar-refractivity contribution >= 4 is 6.08 Å². The van der Waals surface area contributed by atoms with E-state index < -0.39 is 6.29 Å². The fourth-order valence-corrected chi connectivity index (χ4v) is 1.51. The molecule has 0 fully saturated rings. The van der Waals surface area contributed by atoms with Gasteiger partial charge in [-0.2, -0.15) is 0 Å². The van der Waals surface area contributed by atoms with Crippen LogP contribution in [-0.4, -0.2) is 18.5 Å². The van der Waals surface area contributed by atoms with E-state index in [1.165, 1.54) is 0 Å². The summed E-state index contributed by atoms with van der Waals surface area (Å²) in [6, 6.07) is 3.87. The van der Waals surface area contributed by atoms with E-state index in [1.54, 1.807) is 13.2 Å². The third kappa shape index (κ3) is 1.46. The second-order valence-electron chi connectivity index (χ2n) is 3.25. The minimum atomic E-state index is -0.876. The number of aryl methyl sites for hydroxylation is 1. The lowest BCUT2D eigenvalue weighted by Crippen LogP contribution is -2.16. The summed E-state index contributed by atoms with van der Waals surface area (Å²) in [5, 5.41) is 9.28. The lowest BCUT2D eigenvalue weighted by Gasteiger charge is -2.19. The molecule has 0 radical (unpaired) electrons. The highest BCUT2D eigenvalue weighted by Crippen LogP contribution is 2.36. The molecule has 0 spiro atoms. The van der Waals surface area contributed by atoms with Crippen molar-refractivity contribution in [3.05, 3.63) is 29.3 Å². The number of aliphatic hydroxyl groups excluding tert-OH is 1. The summed E-state index contributed by atoms with van der Waals surface area (Å²) >= 11 is 0. The number of fused-ring (bicyclic) bond motifs is 1. The molecule has 1 aromatic carbocycles. The zero-order valence-electron chi connectivity index (χ0n) is 8.15. The summed E-state index contributed by atoms with van der Waals surface area (Å²) in [6.45, 7) is 1.99. The number of hydrogen-bond acceptors (Lipinski definition) is 3. The lowest BCUT2D eigenvalue weighted by molar-refractivity contribution is 0.0210. The van der Waals surface area contributed by atoms with Crippen LogP contribution < -0.4 is 9.47 Å². The Morgan fingerprint density at radius 1 is 1.43 bits per heavy atom. The van der Waals surface area contributed by atoms with Crippen LogP contribution in [0.5, 0.6) is 11.5 Å². The third-order valence-corrected chi connectivity index (χ3v) is 2.13. The van der Waals surface area contributed by atoms with Crippen LogP contribution in [0.2, 0.25) is 0 Å². The molecule has 3 nitrogen and oxygen atoms in total. The highest BCUT2D eigenvalue weighted by molar-refractivity contribution is 5.65. The lowest BCUT2D eigenvalue weighted by atomic mass is 10.1. The SMILES string of the molecule is COc1cc(C)cc2c1OC(O)C=C2. The van der Waals surface area contributed by atoms with Crippen LogP contribution in [0.4, 0.5) is 0 Å². The molecule has 0 saturated heterocycles. The first-order valence-electron chi connectivity index (χ1n) is 4.42. The first kappa shape index (κ1) is 9.09. The third-order valence-electron chi connectivity index (χ3n) is 2.13. The normalized spacial score (nSPS) is 18.6. The van der Waals surface area contributed by atoms with Gasteiger partial charge in [-0.15, -0.1) is 0 Å². The van der Waals surface area contributed by atoms with Crippen LogP contribution in [0.3, 0.4) is 0 Å². The van der Waals surface area contributed by atoms with Gasteiger partial charge in [0.15, 0.2) is 11.5 Å². The molecule has 2 rings (SSSR count). The van der Waals surface area contributed by atoms with Crippen molar-refractivity contribution in [3.63, 3.8) is 0 Å². The molecule has 0 aromatic heterocycles. The number of aliphatic hydroxyl groups is 1. The van der Waals surface area contributed by atoms with E-state index >= 15 is 0 Å². The van der Waals surface area contributed by atoms with Crippen LogP contribution in [0.1, 0.15) is 11.1 Å². The highest BCUT2D eigenvalue weighted by atomic mass is 16.6. The standard InChI is InChI=1S/C11H12O3/c1-7-5-8-3-4-10(12)14-11(8)9(6-7)13-2/h3-6,10,12H,1-2H3. The summed E-state index contributed by atoms with van der Waals surface area (Å²) in [4.78, 5) is 0. The smallest absolute Gasteiger partial charge is 0.217 e. The van der Waals surface area contributed by atoms with Gasteiger partial charge < -0.3 is 14.6 Å². The maximum absolute atomic E-state index is 9.28. The average molecular weight is 192 g/mol. The minimum Gasteiger partial charge on any atom is -0.493 e. The Balaban J connectivity index is 2.55. The maximum atomic E-state index is 9.28. The van der Waals surface area contributed by atoms with E-state index in [9.17, 15) is 5.11 Å². The Labute approximate surface area is 82.6 Å². The van der Waals surface area contributed by atoms with E-state index in [1.807, 2.05) is 25.1 Å². The van der Waals surface area contributed by atoms with E-state index in [-0.39, 0.29) is 0 Å². The molecular weight excluding hydrogens is 180 g/mol. The van der Waals surface area contributed by atoms with Crippen molar-refractivity contribution in [2.75, 3.05) is 7.11 Å². The van der Waals surface area contributed by atoms with Gasteiger partial charge in [-0.1, -0.05) is 0 Å². The Bertz CT molecular complexity index is 382. The zero-order chi connectivity index (χ0) is 10.1. The monoisotopic (exact) mass is 192 g/mol. The molecule has 3 heteroatoms. The van der Waals surface area contributed by atoms with Crippen molar-refractivity contribution in [1.29, 1.82) is 0 Å². The van der Waals surface area contributed by atoms with Crippen molar-refractivity contribution < 1.29 is 14.6 Å². The van der Waals surface area contributed by atoms with Crippen molar-refractivity contribution in [1.82, 2.24) is 0 Å². The number of ether oxygens (including phenoxy) is 2. The maximum Gasteiger partial charge on any atom is 0.217 e. The van der Waals surface area contributed by atoms with Gasteiger partial charge in [-0.3, -0.25) is 0 Å². The molecule has 1 aliphatic rings. The summed E-state index contributed by atoms with van der Waals surface area (Å²) in [6.07, 6.45) is 2.55. The Kier molecular flexibility index (Phi) is 2.17. The fraction of sp³-hybridized carbons (Fsp3) is 0.273. The van der Waals surface area contributed by atoms with Gasteiger partial charge in [0, 0.05) is 5.56 Å². The van der Waals surface area contributed by atoms with Gasteiger partial charge in [0.2, 0.25) is 6.29 Å². The molecule has 0 saturated carbocycles. The first-order chi connectivity index (χ1) is 6.70. The van der Waals surface area contributed by atoms with E-state index in [4.69, 9.17) is 9.47 Å². The number of benzene rings is 1. The minimum absolute atomic E-state index is 0.605. The van der Waals surface area contributed by atoms with Gasteiger partial charge in [0.05, 0.1) is 7.11 Å². The molecule has 0 aliphatic carbocycles. The van der Waals surface area contributed by atoms with Crippen molar-refractivity contribution in [2.24, 2.45) is 0 Å². The second-order valence-corrected chi connectivity index (χ2v) is 3.25. The summed E-state index contributed by atoms with van der Waals surface area (Å²) < 4.78 is 10.4. The topological polar surface area (TPSA) is 38.7 Å². The van der Waals surface area contributed by atoms with Gasteiger partial charge in [-0.25, -0.2) is 0 Å². The fourth-order valence-electron chi connectivity index (χ4n) is 1.51. The molecule has 0 bridgehead atoms. The molecular formula is C11H12O3. The Hall–Kier alpha value is -1.48. The van der Waals surface area contributed by atoms with Crippen molar-refractivity contribution in [3.8, 4) is 11.5 Å². The summed E-state index contributed by atoms with van der Waals surface area (Å²) in [5.74, 6) is 1.26. The highest BCUT2D eigenvalue weighted by Gasteiger charge is 2.16. The van der Waals surface area contributed by atoms with E-state index in [0.29, 0.717) is 11.5 Å². The molecule has 0 amide bonds. The van der Waals surface area contributed by atoms with Crippen molar-refractivity contribution in [2.45, 2.75) is 13.2 Å². The van der Waals surface area contributed by atoms with Crippen LogP contribution >= 0.6 is 0 Å². The van der Waals surface area contributed by atoms with Gasteiger partial charge in [-0.05, 0) is 36.8 Å². The van der Waals surface area contributed by atoms with Crippen LogP contribution in [0.15, 0.2) is 18.2 Å². The quantitative estimate of drug-likeness (QED) is 0.736. The predicted molar refractivity (Wildman–Crippen MR) is 53.4 cm³/mol. The molecule has 1 atom stereocenters. The first-order valence-corrected chi connectivity index (χ1v) is 4.42. The predicted octanol–water partition coefficient (Wildman–Crippen LogP) is 1.73. The second kappa shape index (κ2) is 3.35. The van der Waals surface area contributed by atoms with E-state index in [0.717, 1.165) is 11.1 Å². The summed E-state index contributed by atoms with van der Waals surface area (Å²) in [7, 11) is 1.59. The van der Waals surface area contributed by atoms with E-state index in [2.05, 4.69) is 0 Å². The number of methoxy groups -OCH3 is 1. The molecule has 1 heterocycles. The van der Waals surface area contributed by atoms with Gasteiger partial charge >= 0.3 is 0 Å². The van der Waals surface area contributed by atoms with Crippen LogP contribution in [0, 0.1) is 6.92 Å². The molecule has 1 aliphatic heterocycles. The molecule has 1 aromatic rings. The number of hydrogen-bond donors (Lipinski definition) is 1. The van der Waals surface area contributed by atoms with Gasteiger partial charge in [0.25, 0.3) is 0 Å². The molecule has 14 heavy (non-hydrogen) atoms. The molecule has 1 unspecified atom stereocenters. The molecule has 74 valence electrons. The summed E-state index contributed by atoms with van der Waals surface area (Å²) in [5.41, 5.74) is 2.04. The largest absolute Gasteiger partial charge is 0.493 e. The Morgan fingerprint density at radius 2 is 2.21 bits per heavy atom. The average Bonchev–Trinajstić information content (AvgIpc) is 2.17. The number of rotatable bonds is 1. The van der Waals surface area contributed by atoms with Gasteiger partial charge in [0.1, 0.15) is 0 Å². The zero-order valence-corrected chi connectivity index (χ0v) is 8.15.